The molecule has 1 heterocycles. The Morgan fingerprint density at radius 3 is 2.58 bits per heavy atom. The summed E-state index contributed by atoms with van der Waals surface area (Å²) >= 11 is 6.06. The molecule has 0 saturated heterocycles. The highest BCUT2D eigenvalue weighted by atomic mass is 35.5. The van der Waals surface area contributed by atoms with Gasteiger partial charge in [-0.3, -0.25) is 0 Å². The minimum atomic E-state index is 0.584. The standard InChI is InChI=1S/C14H15ClN2O2/c1-18-13-5-4-11(7-12(13)15)16-8-10-3-6-14(19-2)17-9-10/h3-7,9,16H,8H2,1-2H3. The summed E-state index contributed by atoms with van der Waals surface area (Å²) in [4.78, 5) is 4.15. The summed E-state index contributed by atoms with van der Waals surface area (Å²) in [5, 5.41) is 3.85. The number of hydrogen-bond donors (Lipinski definition) is 1. The molecule has 2 rings (SSSR count). The number of nitrogens with zero attached hydrogens (tertiary/aromatic N) is 1. The van der Waals surface area contributed by atoms with Crippen LogP contribution in [0.1, 0.15) is 5.56 Å². The molecule has 0 bridgehead atoms. The maximum absolute atomic E-state index is 6.06. The average molecular weight is 279 g/mol. The third kappa shape index (κ3) is 3.51. The Labute approximate surface area is 117 Å². The minimum absolute atomic E-state index is 0.584. The van der Waals surface area contributed by atoms with Crippen molar-refractivity contribution >= 4 is 17.3 Å². The highest BCUT2D eigenvalue weighted by Crippen LogP contribution is 2.27. The molecule has 19 heavy (non-hydrogen) atoms. The first-order valence-electron chi connectivity index (χ1n) is 5.79. The normalized spacial score (nSPS) is 10.1. The van der Waals surface area contributed by atoms with E-state index in [1.807, 2.05) is 30.3 Å². The Balaban J connectivity index is 1.99. The van der Waals surface area contributed by atoms with E-state index in [1.165, 1.54) is 0 Å². The number of benzene rings is 1. The lowest BCUT2D eigenvalue weighted by molar-refractivity contribution is 0.397. The number of anilines is 1. The molecule has 0 aliphatic heterocycles. The molecule has 2 aromatic rings. The third-order valence-corrected chi connectivity index (χ3v) is 2.95. The van der Waals surface area contributed by atoms with Crippen molar-refractivity contribution in [2.45, 2.75) is 6.54 Å². The summed E-state index contributed by atoms with van der Waals surface area (Å²) < 4.78 is 10.1. The Hall–Kier alpha value is -1.94. The first-order valence-corrected chi connectivity index (χ1v) is 6.17. The number of methoxy groups -OCH3 is 2. The fourth-order valence-corrected chi connectivity index (χ4v) is 1.87. The second kappa shape index (κ2) is 6.29. The van der Waals surface area contributed by atoms with Crippen LogP contribution in [-0.4, -0.2) is 19.2 Å². The van der Waals surface area contributed by atoms with E-state index in [9.17, 15) is 0 Å². The van der Waals surface area contributed by atoms with Crippen molar-refractivity contribution in [3.8, 4) is 11.6 Å². The average Bonchev–Trinajstić information content (AvgIpc) is 2.46. The molecule has 0 unspecified atom stereocenters. The van der Waals surface area contributed by atoms with Gasteiger partial charge in [-0.05, 0) is 23.8 Å². The van der Waals surface area contributed by atoms with Gasteiger partial charge in [0.1, 0.15) is 5.75 Å². The maximum atomic E-state index is 6.06. The van der Waals surface area contributed by atoms with Gasteiger partial charge in [0.25, 0.3) is 0 Å². The van der Waals surface area contributed by atoms with Crippen molar-refractivity contribution in [2.75, 3.05) is 19.5 Å². The SMILES string of the molecule is COc1ccc(CNc2ccc(OC)c(Cl)c2)cn1. The molecule has 0 spiro atoms. The number of rotatable bonds is 5. The fraction of sp³-hybridized carbons (Fsp3) is 0.214. The number of pyridine rings is 1. The Morgan fingerprint density at radius 1 is 1.16 bits per heavy atom. The van der Waals surface area contributed by atoms with Crippen molar-refractivity contribution in [3.63, 3.8) is 0 Å². The van der Waals surface area contributed by atoms with Crippen LogP contribution in [0.3, 0.4) is 0 Å². The maximum Gasteiger partial charge on any atom is 0.212 e. The largest absolute Gasteiger partial charge is 0.495 e. The highest BCUT2D eigenvalue weighted by molar-refractivity contribution is 6.32. The lowest BCUT2D eigenvalue weighted by atomic mass is 10.2. The van der Waals surface area contributed by atoms with E-state index >= 15 is 0 Å². The topological polar surface area (TPSA) is 43.4 Å². The molecule has 1 aromatic carbocycles. The van der Waals surface area contributed by atoms with Crippen molar-refractivity contribution in [1.82, 2.24) is 4.98 Å². The van der Waals surface area contributed by atoms with Crippen LogP contribution in [0, 0.1) is 0 Å². The molecule has 0 atom stereocenters. The summed E-state index contributed by atoms with van der Waals surface area (Å²) in [7, 11) is 3.19. The third-order valence-electron chi connectivity index (χ3n) is 2.66. The molecule has 0 aliphatic rings. The molecule has 0 amide bonds. The van der Waals surface area contributed by atoms with Crippen molar-refractivity contribution in [3.05, 3.63) is 47.1 Å². The van der Waals surface area contributed by atoms with E-state index in [4.69, 9.17) is 21.1 Å². The van der Waals surface area contributed by atoms with Crippen LogP contribution in [0.25, 0.3) is 0 Å². The van der Waals surface area contributed by atoms with Crippen molar-refractivity contribution in [1.29, 1.82) is 0 Å². The number of ether oxygens (including phenoxy) is 2. The van der Waals surface area contributed by atoms with Crippen LogP contribution in [0.2, 0.25) is 5.02 Å². The van der Waals surface area contributed by atoms with Gasteiger partial charge >= 0.3 is 0 Å². The minimum Gasteiger partial charge on any atom is -0.495 e. The van der Waals surface area contributed by atoms with Gasteiger partial charge in [0.15, 0.2) is 0 Å². The zero-order chi connectivity index (χ0) is 13.7. The number of hydrogen-bond acceptors (Lipinski definition) is 4. The van der Waals surface area contributed by atoms with Crippen LogP contribution in [0.5, 0.6) is 11.6 Å². The molecule has 0 fully saturated rings. The van der Waals surface area contributed by atoms with Crippen LogP contribution in [-0.2, 0) is 6.54 Å². The van der Waals surface area contributed by atoms with Crippen LogP contribution in [0.4, 0.5) is 5.69 Å². The Morgan fingerprint density at radius 2 is 2.00 bits per heavy atom. The van der Waals surface area contributed by atoms with Crippen molar-refractivity contribution < 1.29 is 9.47 Å². The van der Waals surface area contributed by atoms with Crippen molar-refractivity contribution in [2.24, 2.45) is 0 Å². The summed E-state index contributed by atoms with van der Waals surface area (Å²) in [5.74, 6) is 1.27. The zero-order valence-corrected chi connectivity index (χ0v) is 11.6. The van der Waals surface area contributed by atoms with E-state index in [0.29, 0.717) is 23.2 Å². The fourth-order valence-electron chi connectivity index (χ4n) is 1.62. The second-order valence-electron chi connectivity index (χ2n) is 3.91. The monoisotopic (exact) mass is 278 g/mol. The van der Waals surface area contributed by atoms with Gasteiger partial charge in [0.2, 0.25) is 5.88 Å². The quantitative estimate of drug-likeness (QED) is 0.911. The van der Waals surface area contributed by atoms with Gasteiger partial charge in [0, 0.05) is 24.5 Å². The summed E-state index contributed by atoms with van der Waals surface area (Å²) in [6, 6.07) is 9.37. The molecule has 1 aromatic heterocycles. The number of nitrogens with one attached hydrogen (secondary N) is 1. The molecular weight excluding hydrogens is 264 g/mol. The second-order valence-corrected chi connectivity index (χ2v) is 4.32. The smallest absolute Gasteiger partial charge is 0.212 e. The number of halogens is 1. The molecule has 0 radical (unpaired) electrons. The molecule has 0 saturated carbocycles. The predicted octanol–water partition coefficient (Wildman–Crippen LogP) is 3.36. The molecule has 1 N–H and O–H groups in total. The molecular formula is C14H15ClN2O2. The van der Waals surface area contributed by atoms with Gasteiger partial charge in [-0.25, -0.2) is 4.98 Å². The summed E-state index contributed by atoms with van der Waals surface area (Å²) in [5.41, 5.74) is 1.99. The zero-order valence-electron chi connectivity index (χ0n) is 10.8. The van der Waals surface area contributed by atoms with Gasteiger partial charge in [-0.1, -0.05) is 17.7 Å². The van der Waals surface area contributed by atoms with E-state index in [1.54, 1.807) is 20.4 Å². The van der Waals surface area contributed by atoms with E-state index in [-0.39, 0.29) is 0 Å². The van der Waals surface area contributed by atoms with Crippen LogP contribution in [0.15, 0.2) is 36.5 Å². The molecule has 4 nitrogen and oxygen atoms in total. The summed E-state index contributed by atoms with van der Waals surface area (Å²) in [6.07, 6.45) is 1.77. The molecule has 0 aliphatic carbocycles. The van der Waals surface area contributed by atoms with Gasteiger partial charge in [-0.2, -0.15) is 0 Å². The van der Waals surface area contributed by atoms with E-state index in [0.717, 1.165) is 11.3 Å². The van der Waals surface area contributed by atoms with Gasteiger partial charge in [0.05, 0.1) is 19.2 Å². The van der Waals surface area contributed by atoms with E-state index < -0.39 is 0 Å². The first-order chi connectivity index (χ1) is 9.22. The van der Waals surface area contributed by atoms with Gasteiger partial charge in [-0.15, -0.1) is 0 Å². The van der Waals surface area contributed by atoms with E-state index in [2.05, 4.69) is 10.3 Å². The van der Waals surface area contributed by atoms with Crippen LogP contribution >= 0.6 is 11.6 Å². The lowest BCUT2D eigenvalue weighted by Crippen LogP contribution is -2.00. The summed E-state index contributed by atoms with van der Waals surface area (Å²) in [6.45, 7) is 0.666. The Bertz CT molecular complexity index is 544. The predicted molar refractivity (Wildman–Crippen MR) is 76.1 cm³/mol. The molecule has 5 heteroatoms. The first kappa shape index (κ1) is 13.5. The number of aromatic nitrogens is 1. The lowest BCUT2D eigenvalue weighted by Gasteiger charge is -2.09. The van der Waals surface area contributed by atoms with Crippen LogP contribution < -0.4 is 14.8 Å². The highest BCUT2D eigenvalue weighted by Gasteiger charge is 2.02. The Kier molecular flexibility index (Phi) is 4.47. The van der Waals surface area contributed by atoms with Gasteiger partial charge < -0.3 is 14.8 Å². The molecule has 100 valence electrons.